The van der Waals surface area contributed by atoms with Crippen LogP contribution in [-0.4, -0.2) is 24.5 Å². The number of carbonyl (C=O) groups is 2. The second-order valence-electron chi connectivity index (χ2n) is 5.37. The Balaban J connectivity index is 1.84. The summed E-state index contributed by atoms with van der Waals surface area (Å²) in [5.74, 6) is 0.919. The maximum atomic E-state index is 11.6. The van der Waals surface area contributed by atoms with Crippen LogP contribution < -0.4 is 20.5 Å². The van der Waals surface area contributed by atoms with E-state index in [1.54, 1.807) is 24.3 Å². The summed E-state index contributed by atoms with van der Waals surface area (Å²) in [5.41, 5.74) is 6.23. The van der Waals surface area contributed by atoms with Gasteiger partial charge in [0.05, 0.1) is 0 Å². The lowest BCUT2D eigenvalue weighted by molar-refractivity contribution is -0.128. The van der Waals surface area contributed by atoms with Crippen molar-refractivity contribution in [3.8, 4) is 17.2 Å². The monoisotopic (exact) mass is 328 g/mol. The van der Waals surface area contributed by atoms with Gasteiger partial charge in [-0.25, -0.2) is 0 Å². The Kier molecular flexibility index (Phi) is 5.78. The molecule has 2 rings (SSSR count). The summed E-state index contributed by atoms with van der Waals surface area (Å²) in [6.45, 7) is 3.32. The molecule has 1 atom stereocenters. The lowest BCUT2D eigenvalue weighted by Crippen LogP contribution is -2.44. The van der Waals surface area contributed by atoms with E-state index in [0.29, 0.717) is 11.5 Å². The molecule has 24 heavy (non-hydrogen) atoms. The van der Waals surface area contributed by atoms with E-state index >= 15 is 0 Å². The number of primary amides is 1. The Morgan fingerprint density at radius 1 is 1.00 bits per heavy atom. The maximum absolute atomic E-state index is 11.6. The SMILES string of the molecule is Cc1ccc(Oc2ccc(OCC(=O)NC(C)C(N)=O)cc2)cc1. The van der Waals surface area contributed by atoms with Gasteiger partial charge < -0.3 is 20.5 Å². The zero-order valence-electron chi connectivity index (χ0n) is 13.6. The number of carbonyl (C=O) groups excluding carboxylic acids is 2. The Bertz CT molecular complexity index is 696. The van der Waals surface area contributed by atoms with Crippen molar-refractivity contribution >= 4 is 11.8 Å². The molecule has 0 saturated heterocycles. The van der Waals surface area contributed by atoms with E-state index in [2.05, 4.69) is 5.32 Å². The third kappa shape index (κ3) is 5.31. The van der Waals surface area contributed by atoms with Gasteiger partial charge in [-0.15, -0.1) is 0 Å². The van der Waals surface area contributed by atoms with Crippen molar-refractivity contribution in [3.05, 3.63) is 54.1 Å². The van der Waals surface area contributed by atoms with Crippen molar-refractivity contribution < 1.29 is 19.1 Å². The minimum absolute atomic E-state index is 0.199. The van der Waals surface area contributed by atoms with E-state index in [0.717, 1.165) is 11.3 Å². The van der Waals surface area contributed by atoms with Gasteiger partial charge in [-0.05, 0) is 50.2 Å². The predicted molar refractivity (Wildman–Crippen MR) is 90.0 cm³/mol. The molecule has 0 bridgehead atoms. The molecule has 0 fully saturated rings. The Morgan fingerprint density at radius 3 is 2.04 bits per heavy atom. The molecule has 0 heterocycles. The van der Waals surface area contributed by atoms with Crippen molar-refractivity contribution in [3.63, 3.8) is 0 Å². The summed E-state index contributed by atoms with van der Waals surface area (Å²) < 4.78 is 11.1. The zero-order chi connectivity index (χ0) is 17.5. The van der Waals surface area contributed by atoms with Crippen LogP contribution in [0.4, 0.5) is 0 Å². The van der Waals surface area contributed by atoms with Gasteiger partial charge in [0.1, 0.15) is 23.3 Å². The second-order valence-corrected chi connectivity index (χ2v) is 5.37. The van der Waals surface area contributed by atoms with Crippen LogP contribution in [0.1, 0.15) is 12.5 Å². The average molecular weight is 328 g/mol. The van der Waals surface area contributed by atoms with Crippen LogP contribution in [0, 0.1) is 6.92 Å². The van der Waals surface area contributed by atoms with Crippen LogP contribution in [0.25, 0.3) is 0 Å². The molecular weight excluding hydrogens is 308 g/mol. The van der Waals surface area contributed by atoms with Gasteiger partial charge in [-0.1, -0.05) is 17.7 Å². The molecule has 0 aliphatic rings. The molecule has 2 aromatic rings. The first-order valence-corrected chi connectivity index (χ1v) is 7.50. The molecule has 3 N–H and O–H groups in total. The van der Waals surface area contributed by atoms with Crippen molar-refractivity contribution in [2.24, 2.45) is 5.73 Å². The van der Waals surface area contributed by atoms with Crippen LogP contribution in [-0.2, 0) is 9.59 Å². The highest BCUT2D eigenvalue weighted by Crippen LogP contribution is 2.24. The van der Waals surface area contributed by atoms with Gasteiger partial charge in [-0.2, -0.15) is 0 Å². The van der Waals surface area contributed by atoms with Gasteiger partial charge in [0.25, 0.3) is 5.91 Å². The summed E-state index contributed by atoms with van der Waals surface area (Å²) in [6, 6.07) is 13.9. The number of benzene rings is 2. The van der Waals surface area contributed by atoms with Crippen LogP contribution >= 0.6 is 0 Å². The normalized spacial score (nSPS) is 11.4. The number of hydrogen-bond acceptors (Lipinski definition) is 4. The minimum atomic E-state index is -0.730. The Hall–Kier alpha value is -3.02. The van der Waals surface area contributed by atoms with Crippen LogP contribution in [0.3, 0.4) is 0 Å². The number of ether oxygens (including phenoxy) is 2. The fourth-order valence-electron chi connectivity index (χ4n) is 1.85. The lowest BCUT2D eigenvalue weighted by atomic mass is 10.2. The second kappa shape index (κ2) is 8.01. The summed E-state index contributed by atoms with van der Waals surface area (Å²) >= 11 is 0. The molecule has 0 saturated carbocycles. The van der Waals surface area contributed by atoms with Crippen molar-refractivity contribution in [2.75, 3.05) is 6.61 Å². The highest BCUT2D eigenvalue weighted by Gasteiger charge is 2.12. The van der Waals surface area contributed by atoms with Crippen molar-refractivity contribution in [1.82, 2.24) is 5.32 Å². The fraction of sp³-hybridized carbons (Fsp3) is 0.222. The molecule has 6 heteroatoms. The quantitative estimate of drug-likeness (QED) is 0.815. The van der Waals surface area contributed by atoms with E-state index < -0.39 is 17.9 Å². The molecule has 6 nitrogen and oxygen atoms in total. The van der Waals surface area contributed by atoms with Gasteiger partial charge in [0, 0.05) is 0 Å². The topological polar surface area (TPSA) is 90.7 Å². The molecule has 0 radical (unpaired) electrons. The fourth-order valence-corrected chi connectivity index (χ4v) is 1.85. The largest absolute Gasteiger partial charge is 0.484 e. The van der Waals surface area contributed by atoms with Crippen LogP contribution in [0.2, 0.25) is 0 Å². The first-order valence-electron chi connectivity index (χ1n) is 7.50. The lowest BCUT2D eigenvalue weighted by Gasteiger charge is -2.11. The minimum Gasteiger partial charge on any atom is -0.484 e. The van der Waals surface area contributed by atoms with E-state index in [1.807, 2.05) is 31.2 Å². The standard InChI is InChI=1S/C18H20N2O4/c1-12-3-5-15(6-4-12)24-16-9-7-14(8-10-16)23-11-17(21)20-13(2)18(19)22/h3-10,13H,11H2,1-2H3,(H2,19,22)(H,20,21). The summed E-state index contributed by atoms with van der Waals surface area (Å²) in [7, 11) is 0. The van der Waals surface area contributed by atoms with E-state index in [4.69, 9.17) is 15.2 Å². The highest BCUT2D eigenvalue weighted by molar-refractivity contribution is 5.86. The molecule has 126 valence electrons. The highest BCUT2D eigenvalue weighted by atomic mass is 16.5. The zero-order valence-corrected chi connectivity index (χ0v) is 13.6. The maximum Gasteiger partial charge on any atom is 0.258 e. The van der Waals surface area contributed by atoms with Crippen LogP contribution in [0.5, 0.6) is 17.2 Å². The summed E-state index contributed by atoms with van der Waals surface area (Å²) in [6.07, 6.45) is 0. The number of hydrogen-bond donors (Lipinski definition) is 2. The number of rotatable bonds is 7. The molecular formula is C18H20N2O4. The number of aryl methyl sites for hydroxylation is 1. The number of nitrogens with one attached hydrogen (secondary N) is 1. The Labute approximate surface area is 140 Å². The average Bonchev–Trinajstić information content (AvgIpc) is 2.56. The van der Waals surface area contributed by atoms with E-state index in [-0.39, 0.29) is 6.61 Å². The van der Waals surface area contributed by atoms with Gasteiger partial charge >= 0.3 is 0 Å². The molecule has 0 aliphatic heterocycles. The molecule has 2 aromatic carbocycles. The van der Waals surface area contributed by atoms with Crippen LogP contribution in [0.15, 0.2) is 48.5 Å². The predicted octanol–water partition coefficient (Wildman–Crippen LogP) is 2.16. The van der Waals surface area contributed by atoms with Gasteiger partial charge in [-0.3, -0.25) is 9.59 Å². The first kappa shape index (κ1) is 17.3. The van der Waals surface area contributed by atoms with Gasteiger partial charge in [0.2, 0.25) is 5.91 Å². The number of nitrogens with two attached hydrogens (primary N) is 1. The molecule has 1 unspecified atom stereocenters. The van der Waals surface area contributed by atoms with E-state index in [9.17, 15) is 9.59 Å². The summed E-state index contributed by atoms with van der Waals surface area (Å²) in [4.78, 5) is 22.5. The van der Waals surface area contributed by atoms with Crippen molar-refractivity contribution in [1.29, 1.82) is 0 Å². The first-order chi connectivity index (χ1) is 11.4. The molecule has 0 aromatic heterocycles. The number of amides is 2. The Morgan fingerprint density at radius 2 is 1.50 bits per heavy atom. The third-order valence-electron chi connectivity index (χ3n) is 3.25. The van der Waals surface area contributed by atoms with E-state index in [1.165, 1.54) is 6.92 Å². The molecule has 0 aliphatic carbocycles. The van der Waals surface area contributed by atoms with Crippen molar-refractivity contribution in [2.45, 2.75) is 19.9 Å². The third-order valence-corrected chi connectivity index (χ3v) is 3.25. The molecule has 2 amide bonds. The molecule has 0 spiro atoms. The smallest absolute Gasteiger partial charge is 0.258 e. The van der Waals surface area contributed by atoms with Gasteiger partial charge in [0.15, 0.2) is 6.61 Å². The summed E-state index contributed by atoms with van der Waals surface area (Å²) in [5, 5.41) is 2.43.